The summed E-state index contributed by atoms with van der Waals surface area (Å²) in [4.78, 5) is 0. The van der Waals surface area contributed by atoms with Crippen LogP contribution in [0.2, 0.25) is 0 Å². The molecule has 3 N–H and O–H groups in total. The lowest BCUT2D eigenvalue weighted by atomic mass is 9.85. The Morgan fingerprint density at radius 1 is 1.67 bits per heavy atom. The van der Waals surface area contributed by atoms with Gasteiger partial charge in [-0.3, -0.25) is 0 Å². The smallest absolute Gasteiger partial charge is 0.105 e. The van der Waals surface area contributed by atoms with Gasteiger partial charge in [0.1, 0.15) is 5.60 Å². The first-order valence-corrected chi connectivity index (χ1v) is 5.00. The Hall–Kier alpha value is -0.380. The molecule has 0 amide bonds. The van der Waals surface area contributed by atoms with Crippen molar-refractivity contribution >= 4 is 11.3 Å². The summed E-state index contributed by atoms with van der Waals surface area (Å²) in [6, 6.07) is 1.93. The number of nitrogens with two attached hydrogens (primary N) is 1. The van der Waals surface area contributed by atoms with Crippen molar-refractivity contribution < 1.29 is 5.11 Å². The van der Waals surface area contributed by atoms with E-state index in [1.165, 1.54) is 0 Å². The van der Waals surface area contributed by atoms with Gasteiger partial charge in [-0.2, -0.15) is 11.3 Å². The van der Waals surface area contributed by atoms with E-state index in [2.05, 4.69) is 0 Å². The van der Waals surface area contributed by atoms with Crippen LogP contribution in [0.15, 0.2) is 16.8 Å². The van der Waals surface area contributed by atoms with E-state index in [0.717, 1.165) is 5.56 Å². The summed E-state index contributed by atoms with van der Waals surface area (Å²) in [7, 11) is 0. The largest absolute Gasteiger partial charge is 0.384 e. The van der Waals surface area contributed by atoms with Gasteiger partial charge in [0.05, 0.1) is 0 Å². The molecule has 0 radical (unpaired) electrons. The maximum absolute atomic E-state index is 10.1. The quantitative estimate of drug-likeness (QED) is 0.750. The van der Waals surface area contributed by atoms with Crippen LogP contribution in [-0.4, -0.2) is 11.7 Å². The molecule has 1 rings (SSSR count). The Kier molecular flexibility index (Phi) is 2.88. The highest BCUT2D eigenvalue weighted by Crippen LogP contribution is 2.29. The van der Waals surface area contributed by atoms with Gasteiger partial charge in [0.15, 0.2) is 0 Å². The van der Waals surface area contributed by atoms with Crippen molar-refractivity contribution in [3.8, 4) is 0 Å². The molecule has 1 aromatic heterocycles. The van der Waals surface area contributed by atoms with E-state index in [1.54, 1.807) is 11.3 Å². The maximum Gasteiger partial charge on any atom is 0.105 e. The standard InChI is InChI=1S/C9H15NOS/c1-7(2)9(11,6-10)8-3-4-12-5-8/h3-5,7,11H,6,10H2,1-2H3. The van der Waals surface area contributed by atoms with Crippen LogP contribution in [0.5, 0.6) is 0 Å². The van der Waals surface area contributed by atoms with Crippen LogP contribution in [0.25, 0.3) is 0 Å². The second-order valence-electron chi connectivity index (χ2n) is 3.30. The van der Waals surface area contributed by atoms with Gasteiger partial charge in [0.25, 0.3) is 0 Å². The predicted octanol–water partition coefficient (Wildman–Crippen LogP) is 1.55. The number of hydrogen-bond acceptors (Lipinski definition) is 3. The van der Waals surface area contributed by atoms with Crippen LogP contribution in [0.4, 0.5) is 0 Å². The Morgan fingerprint density at radius 2 is 2.33 bits per heavy atom. The molecule has 1 heterocycles. The topological polar surface area (TPSA) is 46.2 Å². The Labute approximate surface area is 77.0 Å². The molecule has 12 heavy (non-hydrogen) atoms. The molecular weight excluding hydrogens is 170 g/mol. The van der Waals surface area contributed by atoms with Crippen LogP contribution in [0.3, 0.4) is 0 Å². The highest BCUT2D eigenvalue weighted by molar-refractivity contribution is 7.08. The SMILES string of the molecule is CC(C)C(O)(CN)c1ccsc1. The zero-order valence-corrected chi connectivity index (χ0v) is 8.27. The fourth-order valence-corrected chi connectivity index (χ4v) is 1.93. The van der Waals surface area contributed by atoms with Crippen molar-refractivity contribution in [2.24, 2.45) is 11.7 Å². The maximum atomic E-state index is 10.1. The normalized spacial score (nSPS) is 16.4. The first-order chi connectivity index (χ1) is 5.61. The minimum atomic E-state index is -0.847. The molecule has 0 aliphatic heterocycles. The Morgan fingerprint density at radius 3 is 2.67 bits per heavy atom. The number of aliphatic hydroxyl groups is 1. The van der Waals surface area contributed by atoms with Gasteiger partial charge in [0, 0.05) is 6.54 Å². The third kappa shape index (κ3) is 1.53. The summed E-state index contributed by atoms with van der Waals surface area (Å²) >= 11 is 1.58. The molecule has 0 spiro atoms. The van der Waals surface area contributed by atoms with Crippen molar-refractivity contribution in [2.45, 2.75) is 19.4 Å². The first-order valence-electron chi connectivity index (χ1n) is 4.06. The molecule has 1 aromatic rings. The molecule has 2 nitrogen and oxygen atoms in total. The lowest BCUT2D eigenvalue weighted by Gasteiger charge is -2.30. The van der Waals surface area contributed by atoms with Crippen LogP contribution in [0, 0.1) is 5.92 Å². The Bertz CT molecular complexity index is 233. The third-order valence-corrected chi connectivity index (χ3v) is 2.97. The molecular formula is C9H15NOS. The molecule has 68 valence electrons. The Balaban J connectivity index is 2.96. The van der Waals surface area contributed by atoms with Crippen molar-refractivity contribution in [2.75, 3.05) is 6.54 Å². The second kappa shape index (κ2) is 3.56. The molecule has 1 unspecified atom stereocenters. The van der Waals surface area contributed by atoms with Gasteiger partial charge in [-0.15, -0.1) is 0 Å². The molecule has 0 bridgehead atoms. The van der Waals surface area contributed by atoms with E-state index in [0.29, 0.717) is 0 Å². The van der Waals surface area contributed by atoms with Gasteiger partial charge < -0.3 is 10.8 Å². The second-order valence-corrected chi connectivity index (χ2v) is 4.08. The van der Waals surface area contributed by atoms with Crippen LogP contribution >= 0.6 is 11.3 Å². The van der Waals surface area contributed by atoms with Gasteiger partial charge in [0.2, 0.25) is 0 Å². The number of thiophene rings is 1. The summed E-state index contributed by atoms with van der Waals surface area (Å²) in [6.07, 6.45) is 0. The summed E-state index contributed by atoms with van der Waals surface area (Å²) in [5.74, 6) is 0.150. The van der Waals surface area contributed by atoms with Crippen LogP contribution in [0.1, 0.15) is 19.4 Å². The third-order valence-electron chi connectivity index (χ3n) is 2.29. The monoisotopic (exact) mass is 185 g/mol. The molecule has 1 atom stereocenters. The molecule has 0 aliphatic rings. The predicted molar refractivity (Wildman–Crippen MR) is 52.1 cm³/mol. The van der Waals surface area contributed by atoms with Gasteiger partial charge in [-0.25, -0.2) is 0 Å². The molecule has 0 fully saturated rings. The zero-order chi connectivity index (χ0) is 9.19. The van der Waals surface area contributed by atoms with E-state index in [1.807, 2.05) is 30.7 Å². The minimum Gasteiger partial charge on any atom is -0.384 e. The average molecular weight is 185 g/mol. The molecule has 3 heteroatoms. The number of rotatable bonds is 3. The van der Waals surface area contributed by atoms with Crippen LogP contribution < -0.4 is 5.73 Å². The highest BCUT2D eigenvalue weighted by atomic mass is 32.1. The fraction of sp³-hybridized carbons (Fsp3) is 0.556. The lowest BCUT2D eigenvalue weighted by Crippen LogP contribution is -2.39. The minimum absolute atomic E-state index is 0.150. The highest BCUT2D eigenvalue weighted by Gasteiger charge is 2.31. The summed E-state index contributed by atoms with van der Waals surface area (Å²) in [5, 5.41) is 14.0. The van der Waals surface area contributed by atoms with Crippen molar-refractivity contribution in [1.82, 2.24) is 0 Å². The van der Waals surface area contributed by atoms with E-state index < -0.39 is 5.60 Å². The number of hydrogen-bond donors (Lipinski definition) is 2. The fourth-order valence-electron chi connectivity index (χ4n) is 1.20. The summed E-state index contributed by atoms with van der Waals surface area (Å²) in [6.45, 7) is 4.23. The van der Waals surface area contributed by atoms with Gasteiger partial charge >= 0.3 is 0 Å². The molecule has 0 aliphatic carbocycles. The van der Waals surface area contributed by atoms with Crippen molar-refractivity contribution in [3.05, 3.63) is 22.4 Å². The first kappa shape index (κ1) is 9.71. The van der Waals surface area contributed by atoms with E-state index in [9.17, 15) is 5.11 Å². The van der Waals surface area contributed by atoms with Gasteiger partial charge in [-0.1, -0.05) is 13.8 Å². The van der Waals surface area contributed by atoms with E-state index in [-0.39, 0.29) is 12.5 Å². The van der Waals surface area contributed by atoms with Crippen LogP contribution in [-0.2, 0) is 5.60 Å². The van der Waals surface area contributed by atoms with E-state index in [4.69, 9.17) is 5.73 Å². The lowest BCUT2D eigenvalue weighted by molar-refractivity contribution is -0.000734. The molecule has 0 saturated carbocycles. The summed E-state index contributed by atoms with van der Waals surface area (Å²) < 4.78 is 0. The van der Waals surface area contributed by atoms with Gasteiger partial charge in [-0.05, 0) is 28.3 Å². The van der Waals surface area contributed by atoms with E-state index >= 15 is 0 Å². The molecule has 0 aromatic carbocycles. The average Bonchev–Trinajstić information content (AvgIpc) is 2.54. The van der Waals surface area contributed by atoms with Crippen molar-refractivity contribution in [3.63, 3.8) is 0 Å². The van der Waals surface area contributed by atoms with Crippen molar-refractivity contribution in [1.29, 1.82) is 0 Å². The summed E-state index contributed by atoms with van der Waals surface area (Å²) in [5.41, 5.74) is 5.64. The zero-order valence-electron chi connectivity index (χ0n) is 7.45. The molecule has 0 saturated heterocycles.